The van der Waals surface area contributed by atoms with Gasteiger partial charge in [-0.05, 0) is 55.8 Å². The molecule has 1 saturated carbocycles. The zero-order valence-electron chi connectivity index (χ0n) is 10.0. The van der Waals surface area contributed by atoms with E-state index in [0.29, 0.717) is 0 Å². The lowest BCUT2D eigenvalue weighted by Gasteiger charge is -2.20. The van der Waals surface area contributed by atoms with E-state index in [1.807, 2.05) is 0 Å². The summed E-state index contributed by atoms with van der Waals surface area (Å²) in [5.74, 6) is 1.63. The SMILES string of the molecule is CNC1CCC(Cc2cccc(Br)c2)C1C. The third-order valence-corrected chi connectivity index (χ3v) is 4.48. The van der Waals surface area contributed by atoms with Gasteiger partial charge in [-0.3, -0.25) is 0 Å². The van der Waals surface area contributed by atoms with E-state index in [0.717, 1.165) is 17.9 Å². The fraction of sp³-hybridized carbons (Fsp3) is 0.571. The molecule has 1 aromatic rings. The first-order chi connectivity index (χ1) is 7.70. The molecule has 88 valence electrons. The van der Waals surface area contributed by atoms with Crippen molar-refractivity contribution in [1.82, 2.24) is 5.32 Å². The third kappa shape index (κ3) is 2.67. The van der Waals surface area contributed by atoms with E-state index in [-0.39, 0.29) is 0 Å². The third-order valence-electron chi connectivity index (χ3n) is 3.98. The minimum atomic E-state index is 0.720. The van der Waals surface area contributed by atoms with Gasteiger partial charge in [0.25, 0.3) is 0 Å². The Hall–Kier alpha value is -0.340. The van der Waals surface area contributed by atoms with Crippen molar-refractivity contribution in [3.8, 4) is 0 Å². The number of hydrogen-bond acceptors (Lipinski definition) is 1. The Morgan fingerprint density at radius 1 is 1.38 bits per heavy atom. The van der Waals surface area contributed by atoms with Gasteiger partial charge in [0.2, 0.25) is 0 Å². The van der Waals surface area contributed by atoms with Gasteiger partial charge in [0.05, 0.1) is 0 Å². The second kappa shape index (κ2) is 5.33. The van der Waals surface area contributed by atoms with Crippen LogP contribution in [-0.4, -0.2) is 13.1 Å². The maximum atomic E-state index is 3.54. The molecule has 1 aromatic carbocycles. The predicted octanol–water partition coefficient (Wildman–Crippen LogP) is 3.63. The van der Waals surface area contributed by atoms with E-state index in [4.69, 9.17) is 0 Å². The molecule has 1 N–H and O–H groups in total. The molecule has 0 aliphatic heterocycles. The van der Waals surface area contributed by atoms with Gasteiger partial charge in [0.15, 0.2) is 0 Å². The molecule has 1 fully saturated rings. The number of nitrogens with one attached hydrogen (secondary N) is 1. The molecule has 0 amide bonds. The van der Waals surface area contributed by atoms with Gasteiger partial charge in [0, 0.05) is 10.5 Å². The number of halogens is 1. The Morgan fingerprint density at radius 3 is 2.81 bits per heavy atom. The van der Waals surface area contributed by atoms with Gasteiger partial charge in [-0.1, -0.05) is 35.0 Å². The fourth-order valence-electron chi connectivity index (χ4n) is 2.91. The Bertz CT molecular complexity index is 350. The van der Waals surface area contributed by atoms with Gasteiger partial charge in [-0.2, -0.15) is 0 Å². The van der Waals surface area contributed by atoms with E-state index in [1.54, 1.807) is 0 Å². The quantitative estimate of drug-likeness (QED) is 0.892. The molecule has 1 aliphatic rings. The van der Waals surface area contributed by atoms with Crippen molar-refractivity contribution in [3.63, 3.8) is 0 Å². The van der Waals surface area contributed by atoms with Gasteiger partial charge in [-0.15, -0.1) is 0 Å². The highest BCUT2D eigenvalue weighted by molar-refractivity contribution is 9.10. The number of rotatable bonds is 3. The fourth-order valence-corrected chi connectivity index (χ4v) is 3.36. The number of benzene rings is 1. The summed E-state index contributed by atoms with van der Waals surface area (Å²) in [4.78, 5) is 0. The van der Waals surface area contributed by atoms with Crippen molar-refractivity contribution in [2.75, 3.05) is 7.05 Å². The van der Waals surface area contributed by atoms with Gasteiger partial charge >= 0.3 is 0 Å². The molecule has 1 nitrogen and oxygen atoms in total. The highest BCUT2D eigenvalue weighted by Crippen LogP contribution is 2.34. The molecule has 3 atom stereocenters. The van der Waals surface area contributed by atoms with Gasteiger partial charge < -0.3 is 5.32 Å². The van der Waals surface area contributed by atoms with Crippen molar-refractivity contribution in [2.45, 2.75) is 32.2 Å². The summed E-state index contributed by atoms with van der Waals surface area (Å²) in [6.07, 6.45) is 3.91. The zero-order chi connectivity index (χ0) is 11.5. The highest BCUT2D eigenvalue weighted by atomic mass is 79.9. The summed E-state index contributed by atoms with van der Waals surface area (Å²) in [5, 5.41) is 3.43. The maximum absolute atomic E-state index is 3.54. The second-order valence-corrected chi connectivity index (χ2v) is 5.84. The van der Waals surface area contributed by atoms with Crippen LogP contribution in [0.4, 0.5) is 0 Å². The van der Waals surface area contributed by atoms with E-state index < -0.39 is 0 Å². The van der Waals surface area contributed by atoms with Crippen molar-refractivity contribution >= 4 is 15.9 Å². The first kappa shape index (κ1) is 12.1. The van der Waals surface area contributed by atoms with E-state index in [9.17, 15) is 0 Å². The van der Waals surface area contributed by atoms with E-state index in [2.05, 4.69) is 59.5 Å². The highest BCUT2D eigenvalue weighted by Gasteiger charge is 2.31. The molecule has 0 aromatic heterocycles. The minimum absolute atomic E-state index is 0.720. The molecule has 0 bridgehead atoms. The molecule has 0 heterocycles. The Morgan fingerprint density at radius 2 is 2.19 bits per heavy atom. The molecule has 2 rings (SSSR count). The van der Waals surface area contributed by atoms with Gasteiger partial charge in [0.1, 0.15) is 0 Å². The van der Waals surface area contributed by atoms with Crippen LogP contribution in [0.2, 0.25) is 0 Å². The van der Waals surface area contributed by atoms with Crippen molar-refractivity contribution in [3.05, 3.63) is 34.3 Å². The van der Waals surface area contributed by atoms with Crippen molar-refractivity contribution in [1.29, 1.82) is 0 Å². The molecule has 2 heteroatoms. The lowest BCUT2D eigenvalue weighted by atomic mass is 9.90. The molecule has 1 aliphatic carbocycles. The number of hydrogen-bond donors (Lipinski definition) is 1. The Labute approximate surface area is 107 Å². The summed E-state index contributed by atoms with van der Waals surface area (Å²) in [6, 6.07) is 9.44. The van der Waals surface area contributed by atoms with Crippen LogP contribution in [0.3, 0.4) is 0 Å². The topological polar surface area (TPSA) is 12.0 Å². The second-order valence-electron chi connectivity index (χ2n) is 4.93. The van der Waals surface area contributed by atoms with Crippen LogP contribution in [0, 0.1) is 11.8 Å². The summed E-state index contributed by atoms with van der Waals surface area (Å²) >= 11 is 3.54. The van der Waals surface area contributed by atoms with Crippen LogP contribution in [0.15, 0.2) is 28.7 Å². The van der Waals surface area contributed by atoms with E-state index in [1.165, 1.54) is 29.3 Å². The van der Waals surface area contributed by atoms with Crippen LogP contribution in [0.25, 0.3) is 0 Å². The normalized spacial score (nSPS) is 29.6. The summed E-state index contributed by atoms with van der Waals surface area (Å²) in [6.45, 7) is 2.39. The van der Waals surface area contributed by atoms with Crippen LogP contribution < -0.4 is 5.32 Å². The standard InChI is InChI=1S/C14H20BrN/c1-10-12(6-7-14(10)16-2)8-11-4-3-5-13(15)9-11/h3-5,9-10,12,14,16H,6-8H2,1-2H3. The molecule has 0 radical (unpaired) electrons. The smallest absolute Gasteiger partial charge is 0.0177 e. The molecular formula is C14H20BrN. The van der Waals surface area contributed by atoms with Crippen LogP contribution >= 0.6 is 15.9 Å². The van der Waals surface area contributed by atoms with E-state index >= 15 is 0 Å². The summed E-state index contributed by atoms with van der Waals surface area (Å²) in [7, 11) is 2.09. The minimum Gasteiger partial charge on any atom is -0.317 e. The van der Waals surface area contributed by atoms with Crippen LogP contribution in [-0.2, 0) is 6.42 Å². The molecule has 0 spiro atoms. The molecule has 3 unspecified atom stereocenters. The van der Waals surface area contributed by atoms with Gasteiger partial charge in [-0.25, -0.2) is 0 Å². The molecular weight excluding hydrogens is 262 g/mol. The Balaban J connectivity index is 2.00. The average Bonchev–Trinajstić information content (AvgIpc) is 2.60. The Kier molecular flexibility index (Phi) is 4.04. The van der Waals surface area contributed by atoms with Crippen LogP contribution in [0.5, 0.6) is 0 Å². The maximum Gasteiger partial charge on any atom is 0.0177 e. The predicted molar refractivity (Wildman–Crippen MR) is 72.6 cm³/mol. The van der Waals surface area contributed by atoms with Crippen molar-refractivity contribution < 1.29 is 0 Å². The lowest BCUT2D eigenvalue weighted by Crippen LogP contribution is -2.29. The first-order valence-corrected chi connectivity index (χ1v) is 6.91. The first-order valence-electron chi connectivity index (χ1n) is 6.12. The largest absolute Gasteiger partial charge is 0.317 e. The average molecular weight is 282 g/mol. The molecule has 16 heavy (non-hydrogen) atoms. The summed E-state index contributed by atoms with van der Waals surface area (Å²) in [5.41, 5.74) is 1.46. The molecule has 0 saturated heterocycles. The zero-order valence-corrected chi connectivity index (χ0v) is 11.6. The van der Waals surface area contributed by atoms with Crippen LogP contribution in [0.1, 0.15) is 25.3 Å². The summed E-state index contributed by atoms with van der Waals surface area (Å²) < 4.78 is 1.20. The lowest BCUT2D eigenvalue weighted by molar-refractivity contribution is 0.364. The monoisotopic (exact) mass is 281 g/mol. The van der Waals surface area contributed by atoms with Crippen molar-refractivity contribution in [2.24, 2.45) is 11.8 Å².